The second kappa shape index (κ2) is 8.50. The van der Waals surface area contributed by atoms with Crippen LogP contribution in [0.1, 0.15) is 5.01 Å². The van der Waals surface area contributed by atoms with Crippen molar-refractivity contribution in [2.45, 2.75) is 12.1 Å². The molecule has 2 aromatic heterocycles. The van der Waals surface area contributed by atoms with E-state index in [0.717, 1.165) is 16.8 Å². The highest BCUT2D eigenvalue weighted by Crippen LogP contribution is 2.35. The Hall–Kier alpha value is -2.44. The maximum atomic E-state index is 12.1. The Kier molecular flexibility index (Phi) is 6.08. The number of nitrogens with zero attached hydrogens (tertiary/aromatic N) is 6. The van der Waals surface area contributed by atoms with E-state index in [-0.39, 0.29) is 11.7 Å². The van der Waals surface area contributed by atoms with Gasteiger partial charge in [0.05, 0.1) is 25.0 Å². The molecule has 2 heterocycles. The molecular weight excluding hydrogens is 414 g/mol. The molecule has 142 valence electrons. The van der Waals surface area contributed by atoms with Crippen molar-refractivity contribution in [3.8, 4) is 17.2 Å². The van der Waals surface area contributed by atoms with E-state index in [1.165, 1.54) is 30.2 Å². The third-order valence-electron chi connectivity index (χ3n) is 3.23. The van der Waals surface area contributed by atoms with Gasteiger partial charge in [-0.15, -0.1) is 15.3 Å². The number of tetrazole rings is 1. The number of methoxy groups -OCH3 is 2. The number of hydrogen-bond donors (Lipinski definition) is 1. The van der Waals surface area contributed by atoms with E-state index in [2.05, 4.69) is 31.0 Å². The summed E-state index contributed by atoms with van der Waals surface area (Å²) < 4.78 is 12.0. The molecule has 10 nitrogen and oxygen atoms in total. The van der Waals surface area contributed by atoms with Gasteiger partial charge < -0.3 is 9.47 Å². The number of halogens is 1. The third kappa shape index (κ3) is 4.46. The van der Waals surface area contributed by atoms with E-state index in [1.807, 2.05) is 6.92 Å². The van der Waals surface area contributed by atoms with Crippen molar-refractivity contribution in [3.05, 3.63) is 22.2 Å². The zero-order chi connectivity index (χ0) is 19.4. The van der Waals surface area contributed by atoms with Crippen molar-refractivity contribution in [2.75, 3.05) is 25.3 Å². The van der Waals surface area contributed by atoms with Crippen molar-refractivity contribution in [3.63, 3.8) is 0 Å². The van der Waals surface area contributed by atoms with Gasteiger partial charge in [0.1, 0.15) is 22.2 Å². The lowest BCUT2D eigenvalue weighted by Crippen LogP contribution is -2.14. The fourth-order valence-electron chi connectivity index (χ4n) is 2.06. The number of rotatable bonds is 7. The highest BCUT2D eigenvalue weighted by Gasteiger charge is 2.18. The van der Waals surface area contributed by atoms with Crippen LogP contribution >= 0.6 is 34.7 Å². The molecule has 0 aliphatic carbocycles. The minimum atomic E-state index is -0.244. The number of hydrogen-bond acceptors (Lipinski definition) is 10. The van der Waals surface area contributed by atoms with E-state index in [0.29, 0.717) is 32.5 Å². The Labute approximate surface area is 167 Å². The summed E-state index contributed by atoms with van der Waals surface area (Å²) in [4.78, 5) is 12.1. The van der Waals surface area contributed by atoms with Crippen LogP contribution in [0, 0.1) is 6.92 Å². The minimum Gasteiger partial charge on any atom is -0.495 e. The zero-order valence-corrected chi connectivity index (χ0v) is 16.9. The quantitative estimate of drug-likeness (QED) is 0.566. The van der Waals surface area contributed by atoms with Crippen LogP contribution in [0.4, 0.5) is 5.13 Å². The fourth-order valence-corrected chi connectivity index (χ4v) is 3.59. The molecule has 0 aliphatic heterocycles. The third-order valence-corrected chi connectivity index (χ3v) is 5.20. The molecule has 0 unspecified atom stereocenters. The fraction of sp³-hybridized carbons (Fsp3) is 0.286. The summed E-state index contributed by atoms with van der Waals surface area (Å²) in [5.41, 5.74) is 0.534. The SMILES string of the molecule is COc1cc(-n2nnnc2SCC(=O)Nc2nnc(C)s2)c(OC)cc1Cl. The Morgan fingerprint density at radius 3 is 2.70 bits per heavy atom. The predicted molar refractivity (Wildman–Crippen MR) is 101 cm³/mol. The number of nitrogens with one attached hydrogen (secondary N) is 1. The monoisotopic (exact) mass is 427 g/mol. The average Bonchev–Trinajstić information content (AvgIpc) is 3.28. The van der Waals surface area contributed by atoms with Gasteiger partial charge in [-0.05, 0) is 17.4 Å². The molecule has 0 saturated carbocycles. The maximum Gasteiger partial charge on any atom is 0.236 e. The molecule has 1 aromatic carbocycles. The smallest absolute Gasteiger partial charge is 0.236 e. The van der Waals surface area contributed by atoms with Gasteiger partial charge in [0, 0.05) is 12.1 Å². The molecule has 0 aliphatic rings. The number of carbonyl (C=O) groups excluding carboxylic acids is 1. The van der Waals surface area contributed by atoms with E-state index in [9.17, 15) is 4.79 Å². The molecular formula is C14H14ClN7O3S2. The van der Waals surface area contributed by atoms with Crippen molar-refractivity contribution < 1.29 is 14.3 Å². The molecule has 0 spiro atoms. The number of benzene rings is 1. The summed E-state index contributed by atoms with van der Waals surface area (Å²) in [6.45, 7) is 1.81. The van der Waals surface area contributed by atoms with Crippen LogP contribution in [0.5, 0.6) is 11.5 Å². The lowest BCUT2D eigenvalue weighted by Gasteiger charge is -2.12. The number of ether oxygens (including phenoxy) is 2. The highest BCUT2D eigenvalue weighted by molar-refractivity contribution is 7.99. The Bertz CT molecular complexity index is 962. The van der Waals surface area contributed by atoms with Crippen LogP contribution in [0.2, 0.25) is 5.02 Å². The second-order valence-electron chi connectivity index (χ2n) is 4.99. The first kappa shape index (κ1) is 19.3. The van der Waals surface area contributed by atoms with Crippen LogP contribution in [0.25, 0.3) is 5.69 Å². The lowest BCUT2D eigenvalue weighted by atomic mass is 10.2. The molecule has 27 heavy (non-hydrogen) atoms. The first-order valence-corrected chi connectivity index (χ1v) is 9.63. The van der Waals surface area contributed by atoms with Crippen LogP contribution in [0.15, 0.2) is 17.3 Å². The molecule has 3 aromatic rings. The number of amides is 1. The first-order chi connectivity index (χ1) is 13.0. The Balaban J connectivity index is 1.77. The summed E-state index contributed by atoms with van der Waals surface area (Å²) in [5.74, 6) is 0.755. The van der Waals surface area contributed by atoms with Gasteiger partial charge in [-0.2, -0.15) is 4.68 Å². The Morgan fingerprint density at radius 1 is 1.26 bits per heavy atom. The van der Waals surface area contributed by atoms with Gasteiger partial charge in [0.2, 0.25) is 16.2 Å². The van der Waals surface area contributed by atoms with E-state index in [1.54, 1.807) is 12.1 Å². The topological polar surface area (TPSA) is 117 Å². The molecule has 0 saturated heterocycles. The van der Waals surface area contributed by atoms with Crippen molar-refractivity contribution >= 4 is 45.7 Å². The molecule has 1 N–H and O–H groups in total. The van der Waals surface area contributed by atoms with Gasteiger partial charge in [0.15, 0.2) is 0 Å². The van der Waals surface area contributed by atoms with Gasteiger partial charge >= 0.3 is 0 Å². The summed E-state index contributed by atoms with van der Waals surface area (Å²) in [6, 6.07) is 3.27. The molecule has 1 amide bonds. The van der Waals surface area contributed by atoms with Gasteiger partial charge in [0.25, 0.3) is 0 Å². The molecule has 0 fully saturated rings. The minimum absolute atomic E-state index is 0.0893. The van der Waals surface area contributed by atoms with Crippen molar-refractivity contribution in [1.82, 2.24) is 30.4 Å². The van der Waals surface area contributed by atoms with Crippen LogP contribution in [-0.2, 0) is 4.79 Å². The number of aromatic nitrogens is 6. The van der Waals surface area contributed by atoms with E-state index >= 15 is 0 Å². The highest BCUT2D eigenvalue weighted by atomic mass is 35.5. The molecule has 0 bridgehead atoms. The van der Waals surface area contributed by atoms with Crippen molar-refractivity contribution in [2.24, 2.45) is 0 Å². The Morgan fingerprint density at radius 2 is 2.04 bits per heavy atom. The number of thioether (sulfide) groups is 1. The summed E-state index contributed by atoms with van der Waals surface area (Å²) in [7, 11) is 3.02. The normalized spacial score (nSPS) is 10.7. The van der Waals surface area contributed by atoms with Gasteiger partial charge in [-0.3, -0.25) is 10.1 Å². The van der Waals surface area contributed by atoms with Crippen molar-refractivity contribution in [1.29, 1.82) is 0 Å². The van der Waals surface area contributed by atoms with Crippen LogP contribution in [-0.4, -0.2) is 56.3 Å². The lowest BCUT2D eigenvalue weighted by molar-refractivity contribution is -0.113. The number of anilines is 1. The number of aryl methyl sites for hydroxylation is 1. The average molecular weight is 428 g/mol. The standard InChI is InChI=1S/C14H14ClN7O3S2/c1-7-17-18-13(27-7)16-12(23)6-26-14-19-20-21-22(14)9-5-10(24-2)8(15)4-11(9)25-3/h4-5H,6H2,1-3H3,(H,16,18,23). The number of carbonyl (C=O) groups is 1. The summed E-state index contributed by atoms with van der Waals surface area (Å²) in [5, 5.41) is 24.0. The second-order valence-corrected chi connectivity index (χ2v) is 7.53. The van der Waals surface area contributed by atoms with Gasteiger partial charge in [-0.1, -0.05) is 34.7 Å². The molecule has 0 radical (unpaired) electrons. The summed E-state index contributed by atoms with van der Waals surface area (Å²) in [6.07, 6.45) is 0. The van der Waals surface area contributed by atoms with E-state index < -0.39 is 0 Å². The summed E-state index contributed by atoms with van der Waals surface area (Å²) >= 11 is 8.59. The zero-order valence-electron chi connectivity index (χ0n) is 14.5. The van der Waals surface area contributed by atoms with Gasteiger partial charge in [-0.25, -0.2) is 0 Å². The van der Waals surface area contributed by atoms with E-state index in [4.69, 9.17) is 21.1 Å². The molecule has 13 heteroatoms. The van der Waals surface area contributed by atoms with Crippen LogP contribution in [0.3, 0.4) is 0 Å². The van der Waals surface area contributed by atoms with Crippen LogP contribution < -0.4 is 14.8 Å². The largest absolute Gasteiger partial charge is 0.495 e. The first-order valence-electron chi connectivity index (χ1n) is 7.45. The molecule has 0 atom stereocenters. The predicted octanol–water partition coefficient (Wildman–Crippen LogP) is 2.22. The molecule has 3 rings (SSSR count). The maximum absolute atomic E-state index is 12.1.